The molecule has 0 aromatic heterocycles. The standard InChI is InChI=1S/Al.Eu.2H2O.O/h;;2*1H2;/q+1;;;;/p-1. The van der Waals surface area contributed by atoms with Crippen molar-refractivity contribution in [1.82, 2.24) is 0 Å². The summed E-state index contributed by atoms with van der Waals surface area (Å²) in [6, 6.07) is 0. The third-order valence-corrected chi connectivity index (χ3v) is 0. The normalized spacial score (nSPS) is 1.60. The Morgan fingerprint density at radius 2 is 1.60 bits per heavy atom. The van der Waals surface area contributed by atoms with Crippen molar-refractivity contribution in [2.45, 2.75) is 0 Å². The van der Waals surface area contributed by atoms with Gasteiger partial charge >= 0.3 is 23.4 Å². The molecule has 0 unspecified atom stereocenters. The van der Waals surface area contributed by atoms with Crippen LogP contribution < -0.4 is 0 Å². The predicted octanol–water partition coefficient (Wildman–Crippen LogP) is -1.88. The second-order valence-corrected chi connectivity index (χ2v) is 0.316. The molecule has 0 aliphatic carbocycles. The van der Waals surface area contributed by atoms with Gasteiger partial charge in [-0.3, -0.25) is 0 Å². The molecule has 0 saturated carbocycles. The van der Waals surface area contributed by atoms with Crippen LogP contribution in [0, 0.1) is 49.4 Å². The van der Waals surface area contributed by atoms with Crippen molar-refractivity contribution in [3.63, 3.8) is 0 Å². The molecule has 5 heavy (non-hydrogen) atoms. The van der Waals surface area contributed by atoms with Crippen LogP contribution in [0.3, 0.4) is 0 Å². The summed E-state index contributed by atoms with van der Waals surface area (Å²) in [6.45, 7) is 0. The van der Waals surface area contributed by atoms with Crippen LogP contribution in [-0.4, -0.2) is 25.1 Å². The van der Waals surface area contributed by atoms with Gasteiger partial charge in [-0.2, -0.15) is 0 Å². The van der Waals surface area contributed by atoms with Crippen molar-refractivity contribution in [3.05, 3.63) is 0 Å². The van der Waals surface area contributed by atoms with Crippen LogP contribution in [0.25, 0.3) is 0 Å². The van der Waals surface area contributed by atoms with Crippen molar-refractivity contribution >= 4 is 15.5 Å². The molecule has 3 N–H and O–H groups in total. The van der Waals surface area contributed by atoms with Crippen molar-refractivity contribution in [1.29, 1.82) is 0 Å². The first-order valence-electron chi connectivity index (χ1n) is 0.494. The molecule has 0 rings (SSSR count). The van der Waals surface area contributed by atoms with E-state index >= 15 is 0 Å². The summed E-state index contributed by atoms with van der Waals surface area (Å²) < 4.78 is 15.7. The zero-order valence-electron chi connectivity index (χ0n) is 2.31. The van der Waals surface area contributed by atoms with Gasteiger partial charge in [0.15, 0.2) is 0 Å². The molecule has 0 aliphatic rings. The van der Waals surface area contributed by atoms with Crippen LogP contribution in [0.2, 0.25) is 0 Å². The van der Waals surface area contributed by atoms with Gasteiger partial charge in [-0.15, -0.1) is 0 Å². The summed E-state index contributed by atoms with van der Waals surface area (Å²) >= 11 is -1.50. The van der Waals surface area contributed by atoms with Crippen LogP contribution >= 0.6 is 0 Å². The SMILES string of the molecule is O.[Eu].[O]=[Al][OH]. The van der Waals surface area contributed by atoms with E-state index in [0.29, 0.717) is 0 Å². The first-order chi connectivity index (χ1) is 1.41. The van der Waals surface area contributed by atoms with E-state index in [-0.39, 0.29) is 54.9 Å². The Morgan fingerprint density at radius 1 is 1.60 bits per heavy atom. The maximum absolute atomic E-state index is 8.57. The van der Waals surface area contributed by atoms with E-state index in [9.17, 15) is 0 Å². The fourth-order valence-electron chi connectivity index (χ4n) is 0. The zero-order valence-corrected chi connectivity index (χ0v) is 5.89. The average molecular weight is 230 g/mol. The molecule has 0 bridgehead atoms. The van der Waals surface area contributed by atoms with Crippen LogP contribution in [0.1, 0.15) is 0 Å². The zero-order chi connectivity index (χ0) is 2.71. The third-order valence-electron chi connectivity index (χ3n) is 0. The molecule has 0 aromatic rings. The van der Waals surface area contributed by atoms with Gasteiger partial charge in [0.2, 0.25) is 0 Å². The number of hydrogen-bond acceptors (Lipinski definition) is 1. The summed E-state index contributed by atoms with van der Waals surface area (Å²) in [6.07, 6.45) is 0. The Hall–Kier alpha value is 1.68. The first-order valence-corrected chi connectivity index (χ1v) is 1.48. The van der Waals surface area contributed by atoms with E-state index in [1.807, 2.05) is 0 Å². The third kappa shape index (κ3) is 27.3. The van der Waals surface area contributed by atoms with Gasteiger partial charge in [0.1, 0.15) is 0 Å². The monoisotopic (exact) mass is 231 g/mol. The van der Waals surface area contributed by atoms with Crippen LogP contribution in [0.5, 0.6) is 0 Å². The Kier molecular flexibility index (Phi) is 55.2. The van der Waals surface area contributed by atoms with Crippen molar-refractivity contribution in [2.75, 3.05) is 0 Å². The molecule has 0 aromatic carbocycles. The minimum atomic E-state index is -1.50. The molecule has 0 fully saturated rings. The maximum atomic E-state index is 8.57. The Bertz CT molecular complexity index is 14.4. The molecule has 0 spiro atoms. The first kappa shape index (κ1) is 15.9. The molecular formula is H3AlEuO3. The fraction of sp³-hybridized carbons (Fsp3) is 0. The van der Waals surface area contributed by atoms with Crippen molar-refractivity contribution in [3.8, 4) is 0 Å². The van der Waals surface area contributed by atoms with E-state index in [0.717, 1.165) is 0 Å². The molecule has 0 atom stereocenters. The molecule has 0 aliphatic heterocycles. The molecule has 1 radical (unpaired) electrons. The Morgan fingerprint density at radius 3 is 1.60 bits per heavy atom. The van der Waals surface area contributed by atoms with Gasteiger partial charge in [-0.25, -0.2) is 0 Å². The second kappa shape index (κ2) is 17.3. The Labute approximate surface area is 76.9 Å². The molecule has 5 heteroatoms. The van der Waals surface area contributed by atoms with Gasteiger partial charge in [0.05, 0.1) is 0 Å². The van der Waals surface area contributed by atoms with Gasteiger partial charge in [-0.05, 0) is 0 Å². The van der Waals surface area contributed by atoms with Crippen LogP contribution in [-0.2, 0) is 3.80 Å². The Balaban J connectivity index is -0.0000000200. The minimum absolute atomic E-state index is 0. The van der Waals surface area contributed by atoms with Gasteiger partial charge in [0.25, 0.3) is 0 Å². The van der Waals surface area contributed by atoms with E-state index < -0.39 is 15.5 Å². The molecule has 0 saturated heterocycles. The molecule has 3 nitrogen and oxygen atoms in total. The number of rotatable bonds is 0. The van der Waals surface area contributed by atoms with Gasteiger partial charge in [-0.1, -0.05) is 0 Å². The van der Waals surface area contributed by atoms with Gasteiger partial charge in [0, 0.05) is 49.4 Å². The average Bonchev–Trinajstić information content (AvgIpc) is 0.918. The fourth-order valence-corrected chi connectivity index (χ4v) is 0. The van der Waals surface area contributed by atoms with E-state index in [2.05, 4.69) is 0 Å². The molecule has 0 amide bonds. The summed E-state index contributed by atoms with van der Waals surface area (Å²) in [5, 5.41) is 0. The number of hydrogen-bond donors (Lipinski definition) is 1. The van der Waals surface area contributed by atoms with E-state index in [4.69, 9.17) is 7.96 Å². The molecular weight excluding hydrogens is 227 g/mol. The predicted molar refractivity (Wildman–Crippen MR) is 12.3 cm³/mol. The van der Waals surface area contributed by atoms with E-state index in [1.54, 1.807) is 0 Å². The summed E-state index contributed by atoms with van der Waals surface area (Å²) in [5.74, 6) is 0. The van der Waals surface area contributed by atoms with Crippen LogP contribution in [0.15, 0.2) is 0 Å². The van der Waals surface area contributed by atoms with Crippen molar-refractivity contribution in [2.24, 2.45) is 0 Å². The van der Waals surface area contributed by atoms with E-state index in [1.165, 1.54) is 0 Å². The molecule has 31 valence electrons. The van der Waals surface area contributed by atoms with Gasteiger partial charge < -0.3 is 5.48 Å². The second-order valence-electron chi connectivity index (χ2n) is 0.105. The van der Waals surface area contributed by atoms with Crippen molar-refractivity contribution < 1.29 is 62.8 Å². The van der Waals surface area contributed by atoms with Crippen LogP contribution in [0.4, 0.5) is 0 Å². The quantitative estimate of drug-likeness (QED) is 0.495. The summed E-state index contributed by atoms with van der Waals surface area (Å²) in [5.41, 5.74) is 0. The summed E-state index contributed by atoms with van der Waals surface area (Å²) in [7, 11) is 0. The topological polar surface area (TPSA) is 68.8 Å². The summed E-state index contributed by atoms with van der Waals surface area (Å²) in [4.78, 5) is 0. The molecule has 0 heterocycles.